The van der Waals surface area contributed by atoms with E-state index in [1.807, 2.05) is 50.5 Å². The number of nitrogens with zero attached hydrogens (tertiary/aromatic N) is 3. The second-order valence-electron chi connectivity index (χ2n) is 5.31. The summed E-state index contributed by atoms with van der Waals surface area (Å²) in [5.74, 6) is 0.883. The number of nitrogens with one attached hydrogen (secondary N) is 1. The van der Waals surface area contributed by atoms with Gasteiger partial charge < -0.3 is 9.88 Å². The molecule has 0 aliphatic carbocycles. The summed E-state index contributed by atoms with van der Waals surface area (Å²) in [5.41, 5.74) is 4.98. The Labute approximate surface area is 128 Å². The summed E-state index contributed by atoms with van der Waals surface area (Å²) < 4.78 is 2.09. The highest BCUT2D eigenvalue weighted by molar-refractivity contribution is 5.92. The number of para-hydroxylation sites is 3. The zero-order chi connectivity index (χ0) is 15.1. The van der Waals surface area contributed by atoms with Crippen molar-refractivity contribution in [3.8, 4) is 11.5 Å². The molecule has 0 aliphatic rings. The van der Waals surface area contributed by atoms with Crippen LogP contribution in [0.5, 0.6) is 0 Å². The standard InChI is InChI=1S/C18H16N4/c1-19-14-8-5-6-12-10-11-15(20-17(12)14)18-21-13-7-3-4-9-16(13)22(18)2/h3-11,19H,1-2H3. The lowest BCUT2D eigenvalue weighted by molar-refractivity contribution is 0.952. The normalized spacial score (nSPS) is 11.2. The molecule has 22 heavy (non-hydrogen) atoms. The number of benzene rings is 2. The van der Waals surface area contributed by atoms with Gasteiger partial charge in [0, 0.05) is 19.5 Å². The van der Waals surface area contributed by atoms with Gasteiger partial charge in [0.15, 0.2) is 5.82 Å². The van der Waals surface area contributed by atoms with Crippen molar-refractivity contribution >= 4 is 27.6 Å². The fourth-order valence-electron chi connectivity index (χ4n) is 2.85. The second-order valence-corrected chi connectivity index (χ2v) is 5.31. The van der Waals surface area contributed by atoms with Gasteiger partial charge >= 0.3 is 0 Å². The Kier molecular flexibility index (Phi) is 2.82. The van der Waals surface area contributed by atoms with E-state index >= 15 is 0 Å². The topological polar surface area (TPSA) is 42.7 Å². The molecule has 0 unspecified atom stereocenters. The molecule has 0 spiro atoms. The van der Waals surface area contributed by atoms with Gasteiger partial charge in [-0.15, -0.1) is 0 Å². The Bertz CT molecular complexity index is 985. The first-order valence-corrected chi connectivity index (χ1v) is 7.27. The van der Waals surface area contributed by atoms with Crippen LogP contribution in [0.25, 0.3) is 33.5 Å². The zero-order valence-corrected chi connectivity index (χ0v) is 12.5. The number of anilines is 1. The van der Waals surface area contributed by atoms with Gasteiger partial charge in [0.2, 0.25) is 0 Å². The summed E-state index contributed by atoms with van der Waals surface area (Å²) in [6.07, 6.45) is 0. The Morgan fingerprint density at radius 3 is 2.59 bits per heavy atom. The molecule has 2 heterocycles. The quantitative estimate of drug-likeness (QED) is 0.609. The van der Waals surface area contributed by atoms with Gasteiger partial charge in [-0.3, -0.25) is 0 Å². The van der Waals surface area contributed by atoms with E-state index < -0.39 is 0 Å². The highest BCUT2D eigenvalue weighted by Gasteiger charge is 2.12. The summed E-state index contributed by atoms with van der Waals surface area (Å²) in [4.78, 5) is 9.55. The first-order chi connectivity index (χ1) is 10.8. The van der Waals surface area contributed by atoms with Crippen LogP contribution >= 0.6 is 0 Å². The fourth-order valence-corrected chi connectivity index (χ4v) is 2.85. The number of aromatic nitrogens is 3. The average molecular weight is 288 g/mol. The van der Waals surface area contributed by atoms with Gasteiger partial charge in [-0.05, 0) is 24.3 Å². The smallest absolute Gasteiger partial charge is 0.159 e. The lowest BCUT2D eigenvalue weighted by atomic mass is 10.1. The van der Waals surface area contributed by atoms with Crippen molar-refractivity contribution in [2.75, 3.05) is 12.4 Å². The number of hydrogen-bond acceptors (Lipinski definition) is 3. The summed E-state index contributed by atoms with van der Waals surface area (Å²) >= 11 is 0. The maximum atomic E-state index is 4.83. The predicted molar refractivity (Wildman–Crippen MR) is 91.0 cm³/mol. The molecular weight excluding hydrogens is 272 g/mol. The minimum Gasteiger partial charge on any atom is -0.386 e. The molecule has 4 rings (SSSR count). The Hall–Kier alpha value is -2.88. The maximum Gasteiger partial charge on any atom is 0.159 e. The van der Waals surface area contributed by atoms with Gasteiger partial charge in [-0.2, -0.15) is 0 Å². The Morgan fingerprint density at radius 2 is 1.77 bits per heavy atom. The molecule has 2 aromatic carbocycles. The average Bonchev–Trinajstić information content (AvgIpc) is 2.91. The summed E-state index contributed by atoms with van der Waals surface area (Å²) in [6, 6.07) is 18.4. The number of rotatable bonds is 2. The van der Waals surface area contributed by atoms with E-state index in [1.54, 1.807) is 0 Å². The highest BCUT2D eigenvalue weighted by atomic mass is 15.1. The van der Waals surface area contributed by atoms with Crippen LogP contribution in [0.1, 0.15) is 0 Å². The summed E-state index contributed by atoms with van der Waals surface area (Å²) in [7, 11) is 3.94. The molecule has 0 radical (unpaired) electrons. The van der Waals surface area contributed by atoms with Crippen molar-refractivity contribution in [3.63, 3.8) is 0 Å². The summed E-state index contributed by atoms with van der Waals surface area (Å²) in [5, 5.41) is 4.32. The first kappa shape index (κ1) is 12.8. The third-order valence-electron chi connectivity index (χ3n) is 4.01. The third kappa shape index (κ3) is 1.84. The number of fused-ring (bicyclic) bond motifs is 2. The van der Waals surface area contributed by atoms with E-state index in [0.29, 0.717) is 0 Å². The molecule has 0 amide bonds. The van der Waals surface area contributed by atoms with Crippen LogP contribution in [0, 0.1) is 0 Å². The number of pyridine rings is 1. The minimum absolute atomic E-state index is 0.883. The number of hydrogen-bond donors (Lipinski definition) is 1. The van der Waals surface area contributed by atoms with Crippen LogP contribution in [0.3, 0.4) is 0 Å². The Balaban J connectivity index is 1.98. The number of aryl methyl sites for hydroxylation is 1. The molecule has 0 saturated carbocycles. The molecule has 4 nitrogen and oxygen atoms in total. The molecule has 1 N–H and O–H groups in total. The van der Waals surface area contributed by atoms with Crippen LogP contribution in [0.15, 0.2) is 54.6 Å². The highest BCUT2D eigenvalue weighted by Crippen LogP contribution is 2.27. The van der Waals surface area contributed by atoms with Crippen molar-refractivity contribution in [1.29, 1.82) is 0 Å². The van der Waals surface area contributed by atoms with E-state index in [9.17, 15) is 0 Å². The minimum atomic E-state index is 0.883. The fraction of sp³-hybridized carbons (Fsp3) is 0.111. The largest absolute Gasteiger partial charge is 0.386 e. The van der Waals surface area contributed by atoms with Gasteiger partial charge in [-0.25, -0.2) is 9.97 Å². The van der Waals surface area contributed by atoms with Crippen LogP contribution < -0.4 is 5.32 Å². The molecule has 0 aliphatic heterocycles. The number of imidazole rings is 1. The predicted octanol–water partition coefficient (Wildman–Crippen LogP) is 3.83. The van der Waals surface area contributed by atoms with E-state index in [-0.39, 0.29) is 0 Å². The van der Waals surface area contributed by atoms with E-state index in [1.165, 1.54) is 0 Å². The van der Waals surface area contributed by atoms with E-state index in [4.69, 9.17) is 9.97 Å². The molecule has 0 bridgehead atoms. The molecular formula is C18H16N4. The van der Waals surface area contributed by atoms with Gasteiger partial charge in [-0.1, -0.05) is 30.3 Å². The lowest BCUT2D eigenvalue weighted by Crippen LogP contribution is -1.97. The first-order valence-electron chi connectivity index (χ1n) is 7.27. The molecule has 0 fully saturated rings. The molecule has 4 aromatic rings. The zero-order valence-electron chi connectivity index (χ0n) is 12.5. The van der Waals surface area contributed by atoms with E-state index in [2.05, 4.69) is 28.1 Å². The summed E-state index contributed by atoms with van der Waals surface area (Å²) in [6.45, 7) is 0. The molecule has 0 atom stereocenters. The lowest BCUT2D eigenvalue weighted by Gasteiger charge is -2.07. The maximum absolute atomic E-state index is 4.83. The van der Waals surface area contributed by atoms with Gasteiger partial charge in [0.1, 0.15) is 5.69 Å². The molecule has 0 saturated heterocycles. The van der Waals surface area contributed by atoms with Crippen molar-refractivity contribution < 1.29 is 0 Å². The van der Waals surface area contributed by atoms with Crippen molar-refractivity contribution in [1.82, 2.24) is 14.5 Å². The van der Waals surface area contributed by atoms with Crippen LogP contribution in [0.4, 0.5) is 5.69 Å². The van der Waals surface area contributed by atoms with Crippen molar-refractivity contribution in [2.24, 2.45) is 7.05 Å². The third-order valence-corrected chi connectivity index (χ3v) is 4.01. The van der Waals surface area contributed by atoms with Crippen LogP contribution in [0.2, 0.25) is 0 Å². The molecule has 2 aromatic heterocycles. The van der Waals surface area contributed by atoms with Crippen LogP contribution in [-0.2, 0) is 7.05 Å². The van der Waals surface area contributed by atoms with Gasteiger partial charge in [0.25, 0.3) is 0 Å². The van der Waals surface area contributed by atoms with E-state index in [0.717, 1.165) is 39.1 Å². The van der Waals surface area contributed by atoms with Gasteiger partial charge in [0.05, 0.1) is 22.2 Å². The van der Waals surface area contributed by atoms with Crippen molar-refractivity contribution in [2.45, 2.75) is 0 Å². The molecule has 4 heteroatoms. The monoisotopic (exact) mass is 288 g/mol. The second kappa shape index (κ2) is 4.84. The Morgan fingerprint density at radius 1 is 0.909 bits per heavy atom. The SMILES string of the molecule is CNc1cccc2ccc(-c3nc4ccccc4n3C)nc12. The van der Waals surface area contributed by atoms with Crippen LogP contribution in [-0.4, -0.2) is 21.6 Å². The van der Waals surface area contributed by atoms with Crippen molar-refractivity contribution in [3.05, 3.63) is 54.6 Å². The molecule has 108 valence electrons.